The van der Waals surface area contributed by atoms with Crippen molar-refractivity contribution in [3.05, 3.63) is 76.9 Å². The van der Waals surface area contributed by atoms with Gasteiger partial charge in [0.2, 0.25) is 5.95 Å². The van der Waals surface area contributed by atoms with Crippen molar-refractivity contribution < 1.29 is 4.74 Å². The molecule has 1 aromatic heterocycles. The van der Waals surface area contributed by atoms with E-state index in [2.05, 4.69) is 32.7 Å². The molecule has 1 heterocycles. The zero-order chi connectivity index (χ0) is 18.2. The molecule has 0 radical (unpaired) electrons. The first-order valence-electron chi connectivity index (χ1n) is 8.41. The van der Waals surface area contributed by atoms with E-state index in [9.17, 15) is 0 Å². The molecule has 2 aromatic carbocycles. The van der Waals surface area contributed by atoms with Crippen LogP contribution in [-0.4, -0.2) is 23.6 Å². The van der Waals surface area contributed by atoms with Gasteiger partial charge in [0.05, 0.1) is 7.11 Å². The fraction of sp³-hybridized carbons (Fsp3) is 0.200. The molecule has 0 aliphatic heterocycles. The van der Waals surface area contributed by atoms with Crippen LogP contribution < -0.4 is 15.4 Å². The van der Waals surface area contributed by atoms with E-state index in [-0.39, 0.29) is 0 Å². The van der Waals surface area contributed by atoms with E-state index in [1.54, 1.807) is 13.3 Å². The van der Waals surface area contributed by atoms with Crippen molar-refractivity contribution in [2.45, 2.75) is 13.0 Å². The molecule has 0 atom stereocenters. The molecule has 3 aromatic rings. The molecule has 0 saturated heterocycles. The van der Waals surface area contributed by atoms with E-state index in [0.29, 0.717) is 12.5 Å². The number of rotatable bonds is 8. The molecule has 6 heteroatoms. The highest BCUT2D eigenvalue weighted by Gasteiger charge is 2.01. The molecule has 0 saturated carbocycles. The lowest BCUT2D eigenvalue weighted by molar-refractivity contribution is 0.414. The van der Waals surface area contributed by atoms with Gasteiger partial charge >= 0.3 is 0 Å². The SMILES string of the molecule is COc1ccc(CCNc2nccc(NCc3ccc(Cl)cc3)n2)cc1. The maximum atomic E-state index is 5.90. The highest BCUT2D eigenvalue weighted by Crippen LogP contribution is 2.13. The highest BCUT2D eigenvalue weighted by molar-refractivity contribution is 6.30. The van der Waals surface area contributed by atoms with Gasteiger partial charge in [0, 0.05) is 24.3 Å². The predicted octanol–water partition coefficient (Wildman–Crippen LogP) is 4.41. The van der Waals surface area contributed by atoms with E-state index in [4.69, 9.17) is 16.3 Å². The number of ether oxygens (including phenoxy) is 1. The number of hydrogen-bond donors (Lipinski definition) is 2. The molecule has 0 aliphatic rings. The number of halogens is 1. The minimum atomic E-state index is 0.611. The first-order valence-corrected chi connectivity index (χ1v) is 8.79. The van der Waals surface area contributed by atoms with Crippen LogP contribution in [0.4, 0.5) is 11.8 Å². The average Bonchev–Trinajstić information content (AvgIpc) is 2.68. The zero-order valence-corrected chi connectivity index (χ0v) is 15.3. The minimum absolute atomic E-state index is 0.611. The second-order valence-electron chi connectivity index (χ2n) is 5.77. The van der Waals surface area contributed by atoms with Crippen LogP contribution in [0.5, 0.6) is 5.75 Å². The molecule has 0 fully saturated rings. The maximum absolute atomic E-state index is 5.90. The highest BCUT2D eigenvalue weighted by atomic mass is 35.5. The number of benzene rings is 2. The maximum Gasteiger partial charge on any atom is 0.224 e. The van der Waals surface area contributed by atoms with Crippen molar-refractivity contribution in [3.63, 3.8) is 0 Å². The van der Waals surface area contributed by atoms with Crippen LogP contribution in [0.2, 0.25) is 5.02 Å². The molecule has 5 nitrogen and oxygen atoms in total. The number of aromatic nitrogens is 2. The lowest BCUT2D eigenvalue weighted by Crippen LogP contribution is -2.09. The Hall–Kier alpha value is -2.79. The summed E-state index contributed by atoms with van der Waals surface area (Å²) in [5, 5.41) is 7.29. The van der Waals surface area contributed by atoms with E-state index in [0.717, 1.165) is 35.1 Å². The first-order chi connectivity index (χ1) is 12.7. The van der Waals surface area contributed by atoms with Crippen molar-refractivity contribution in [1.82, 2.24) is 9.97 Å². The van der Waals surface area contributed by atoms with E-state index in [1.165, 1.54) is 5.56 Å². The molecule has 0 aliphatic carbocycles. The Morgan fingerprint density at radius 3 is 2.38 bits per heavy atom. The van der Waals surface area contributed by atoms with Gasteiger partial charge in [0.25, 0.3) is 0 Å². The minimum Gasteiger partial charge on any atom is -0.497 e. The number of nitrogens with zero attached hydrogens (tertiary/aromatic N) is 2. The average molecular weight is 369 g/mol. The van der Waals surface area contributed by atoms with Crippen LogP contribution in [0.25, 0.3) is 0 Å². The fourth-order valence-electron chi connectivity index (χ4n) is 2.45. The third-order valence-electron chi connectivity index (χ3n) is 3.90. The molecule has 0 unspecified atom stereocenters. The van der Waals surface area contributed by atoms with Gasteiger partial charge in [-0.25, -0.2) is 4.98 Å². The summed E-state index contributed by atoms with van der Waals surface area (Å²) >= 11 is 5.90. The molecular formula is C20H21ClN4O. The molecule has 0 bridgehead atoms. The van der Waals surface area contributed by atoms with Crippen molar-refractivity contribution in [1.29, 1.82) is 0 Å². The lowest BCUT2D eigenvalue weighted by Gasteiger charge is -2.09. The number of nitrogens with one attached hydrogen (secondary N) is 2. The van der Waals surface area contributed by atoms with Crippen LogP contribution in [0, 0.1) is 0 Å². The molecule has 0 amide bonds. The Bertz CT molecular complexity index is 822. The summed E-state index contributed by atoms with van der Waals surface area (Å²) in [6.07, 6.45) is 2.63. The Morgan fingerprint density at radius 1 is 0.923 bits per heavy atom. The van der Waals surface area contributed by atoms with Gasteiger partial charge in [0.15, 0.2) is 0 Å². The third kappa shape index (κ3) is 5.36. The second kappa shape index (κ2) is 9.06. The normalized spacial score (nSPS) is 10.4. The van der Waals surface area contributed by atoms with Gasteiger partial charge in [-0.3, -0.25) is 0 Å². The van der Waals surface area contributed by atoms with E-state index in [1.807, 2.05) is 42.5 Å². The number of hydrogen-bond acceptors (Lipinski definition) is 5. The van der Waals surface area contributed by atoms with Gasteiger partial charge in [0.1, 0.15) is 11.6 Å². The molecule has 26 heavy (non-hydrogen) atoms. The summed E-state index contributed by atoms with van der Waals surface area (Å²) in [5.74, 6) is 2.26. The first kappa shape index (κ1) is 18.0. The molecule has 0 spiro atoms. The lowest BCUT2D eigenvalue weighted by atomic mass is 10.1. The summed E-state index contributed by atoms with van der Waals surface area (Å²) in [6, 6.07) is 17.6. The number of anilines is 2. The fourth-order valence-corrected chi connectivity index (χ4v) is 2.57. The van der Waals surface area contributed by atoms with Gasteiger partial charge in [-0.1, -0.05) is 35.9 Å². The third-order valence-corrected chi connectivity index (χ3v) is 4.15. The van der Waals surface area contributed by atoms with Crippen LogP contribution in [0.15, 0.2) is 60.8 Å². The summed E-state index contributed by atoms with van der Waals surface area (Å²) < 4.78 is 5.17. The van der Waals surface area contributed by atoms with Crippen molar-refractivity contribution >= 4 is 23.4 Å². The van der Waals surface area contributed by atoms with Crippen LogP contribution in [0.3, 0.4) is 0 Å². The molecular weight excluding hydrogens is 348 g/mol. The summed E-state index contributed by atoms with van der Waals surface area (Å²) in [4.78, 5) is 8.75. The van der Waals surface area contributed by atoms with Gasteiger partial charge in [-0.2, -0.15) is 4.98 Å². The van der Waals surface area contributed by atoms with Crippen molar-refractivity contribution in [3.8, 4) is 5.75 Å². The van der Waals surface area contributed by atoms with Crippen molar-refractivity contribution in [2.24, 2.45) is 0 Å². The smallest absolute Gasteiger partial charge is 0.224 e. The predicted molar refractivity (Wildman–Crippen MR) is 106 cm³/mol. The standard InChI is InChI=1S/C20H21ClN4O/c1-26-18-8-4-15(5-9-18)10-12-22-20-23-13-11-19(25-20)24-14-16-2-6-17(21)7-3-16/h2-9,11,13H,10,12,14H2,1H3,(H2,22,23,24,25). The van der Waals surface area contributed by atoms with Crippen LogP contribution in [0.1, 0.15) is 11.1 Å². The Labute approximate surface area is 158 Å². The van der Waals surface area contributed by atoms with E-state index >= 15 is 0 Å². The monoisotopic (exact) mass is 368 g/mol. The summed E-state index contributed by atoms with van der Waals surface area (Å²) in [6.45, 7) is 1.44. The van der Waals surface area contributed by atoms with Crippen LogP contribution in [-0.2, 0) is 13.0 Å². The van der Waals surface area contributed by atoms with Crippen molar-refractivity contribution in [2.75, 3.05) is 24.3 Å². The molecule has 134 valence electrons. The van der Waals surface area contributed by atoms with Gasteiger partial charge in [-0.05, 0) is 47.9 Å². The Kier molecular flexibility index (Phi) is 6.28. The molecule has 3 rings (SSSR count). The molecule has 2 N–H and O–H groups in total. The van der Waals surface area contributed by atoms with Gasteiger partial charge in [-0.15, -0.1) is 0 Å². The van der Waals surface area contributed by atoms with Crippen LogP contribution >= 0.6 is 11.6 Å². The topological polar surface area (TPSA) is 59.1 Å². The zero-order valence-electron chi connectivity index (χ0n) is 14.6. The summed E-state index contributed by atoms with van der Waals surface area (Å²) in [5.41, 5.74) is 2.37. The Morgan fingerprint density at radius 2 is 1.65 bits per heavy atom. The Balaban J connectivity index is 1.49. The van der Waals surface area contributed by atoms with Gasteiger partial charge < -0.3 is 15.4 Å². The largest absolute Gasteiger partial charge is 0.497 e. The number of methoxy groups -OCH3 is 1. The second-order valence-corrected chi connectivity index (χ2v) is 6.21. The van der Waals surface area contributed by atoms with E-state index < -0.39 is 0 Å². The summed E-state index contributed by atoms with van der Waals surface area (Å²) in [7, 11) is 1.67. The quantitative estimate of drug-likeness (QED) is 0.617.